The van der Waals surface area contributed by atoms with Gasteiger partial charge in [0.2, 0.25) is 0 Å². The van der Waals surface area contributed by atoms with E-state index in [1.807, 2.05) is 24.3 Å². The minimum absolute atomic E-state index is 0.758. The molecule has 0 unspecified atom stereocenters. The van der Waals surface area contributed by atoms with Crippen LogP contribution in [0.5, 0.6) is 11.5 Å². The molecule has 0 bridgehead atoms. The first-order valence-corrected chi connectivity index (χ1v) is 13.9. The third kappa shape index (κ3) is 5.06. The summed E-state index contributed by atoms with van der Waals surface area (Å²) in [5.74, 6) is 3.67. The summed E-state index contributed by atoms with van der Waals surface area (Å²) in [5, 5.41) is 0. The van der Waals surface area contributed by atoms with Crippen molar-refractivity contribution < 1.29 is 9.47 Å². The van der Waals surface area contributed by atoms with E-state index in [0.717, 1.165) is 35.5 Å². The van der Waals surface area contributed by atoms with E-state index in [0.29, 0.717) is 0 Å². The van der Waals surface area contributed by atoms with Crippen LogP contribution in [-0.4, -0.2) is 21.8 Å². The summed E-state index contributed by atoms with van der Waals surface area (Å²) in [4.78, 5) is 0. The first kappa shape index (κ1) is 19.8. The van der Waals surface area contributed by atoms with Crippen molar-refractivity contribution in [1.29, 1.82) is 0 Å². The number of hydrogen-bond acceptors (Lipinski definition) is 2. The average Bonchev–Trinajstić information content (AvgIpc) is 2.69. The van der Waals surface area contributed by atoms with Crippen molar-refractivity contribution in [3.05, 3.63) is 24.3 Å². The van der Waals surface area contributed by atoms with E-state index in [2.05, 4.69) is 13.5 Å². The number of methoxy groups -OCH3 is 1. The highest BCUT2D eigenvalue weighted by Gasteiger charge is 2.41. The van der Waals surface area contributed by atoms with Crippen LogP contribution in [0, 0.1) is 11.8 Å². The minimum atomic E-state index is -1.02. The van der Waals surface area contributed by atoms with Gasteiger partial charge in [0.05, 0.1) is 21.8 Å². The van der Waals surface area contributed by atoms with Crippen molar-refractivity contribution in [3.8, 4) is 11.5 Å². The van der Waals surface area contributed by atoms with Crippen LogP contribution in [0.1, 0.15) is 58.3 Å². The zero-order chi connectivity index (χ0) is 18.4. The van der Waals surface area contributed by atoms with Crippen molar-refractivity contribution in [2.45, 2.75) is 82.5 Å². The molecule has 0 N–H and O–H groups in total. The summed E-state index contributed by atoms with van der Waals surface area (Å²) >= 11 is 0. The molecule has 1 aromatic rings. The van der Waals surface area contributed by atoms with E-state index in [4.69, 9.17) is 9.47 Å². The molecule has 0 spiro atoms. The maximum Gasteiger partial charge on any atom is 0.119 e. The third-order valence-electron chi connectivity index (χ3n) is 7.32. The number of benzene rings is 1. The number of ether oxygens (including phenoxy) is 2. The lowest BCUT2D eigenvalue weighted by molar-refractivity contribution is 0.233. The molecule has 2 aliphatic rings. The predicted molar refractivity (Wildman–Crippen MR) is 113 cm³/mol. The van der Waals surface area contributed by atoms with Crippen LogP contribution in [0.4, 0.5) is 0 Å². The van der Waals surface area contributed by atoms with Gasteiger partial charge in [0.1, 0.15) is 11.5 Å². The van der Waals surface area contributed by atoms with Crippen molar-refractivity contribution in [2.24, 2.45) is 11.8 Å². The van der Waals surface area contributed by atoms with Gasteiger partial charge in [-0.2, -0.15) is 0 Å². The largest absolute Gasteiger partial charge is 0.497 e. The molecule has 146 valence electrons. The molecule has 1 saturated heterocycles. The standard InChI is InChI=1S/C23H38O2Si/c1-4-5-19-6-12-23(13-7-19)26(3)16-14-20(15-17-26)18-25-22-10-8-21(24-2)9-11-22/h8-11,19-20,23H,4-7,12-18H2,1-3H3/t19-,20?,23-,26?. The molecule has 1 heterocycles. The second-order valence-electron chi connectivity index (χ2n) is 9.09. The van der Waals surface area contributed by atoms with Gasteiger partial charge in [-0.15, -0.1) is 0 Å². The molecule has 2 fully saturated rings. The highest BCUT2D eigenvalue weighted by Crippen LogP contribution is 2.48. The monoisotopic (exact) mass is 374 g/mol. The van der Waals surface area contributed by atoms with Gasteiger partial charge in [-0.05, 0) is 54.5 Å². The summed E-state index contributed by atoms with van der Waals surface area (Å²) in [7, 11) is 0.681. The summed E-state index contributed by atoms with van der Waals surface area (Å²) < 4.78 is 11.3. The Morgan fingerprint density at radius 3 is 2.08 bits per heavy atom. The second kappa shape index (κ2) is 9.30. The van der Waals surface area contributed by atoms with Gasteiger partial charge < -0.3 is 9.47 Å². The van der Waals surface area contributed by atoms with Gasteiger partial charge in [-0.3, -0.25) is 0 Å². The number of rotatable bonds is 7. The molecule has 3 rings (SSSR count). The maximum absolute atomic E-state index is 6.06. The smallest absolute Gasteiger partial charge is 0.119 e. The van der Waals surface area contributed by atoms with Crippen molar-refractivity contribution in [2.75, 3.05) is 13.7 Å². The van der Waals surface area contributed by atoms with E-state index < -0.39 is 8.07 Å². The first-order chi connectivity index (χ1) is 12.6. The highest BCUT2D eigenvalue weighted by molar-refractivity contribution is 6.80. The average molecular weight is 375 g/mol. The first-order valence-electron chi connectivity index (χ1n) is 10.9. The van der Waals surface area contributed by atoms with Gasteiger partial charge in [-0.1, -0.05) is 64.1 Å². The van der Waals surface area contributed by atoms with E-state index in [1.54, 1.807) is 20.0 Å². The number of hydrogen-bond donors (Lipinski definition) is 0. The highest BCUT2D eigenvalue weighted by atomic mass is 28.3. The Bertz CT molecular complexity index is 526. The summed E-state index contributed by atoms with van der Waals surface area (Å²) in [6.07, 6.45) is 11.8. The zero-order valence-electron chi connectivity index (χ0n) is 17.1. The van der Waals surface area contributed by atoms with Crippen LogP contribution in [0.15, 0.2) is 24.3 Å². The van der Waals surface area contributed by atoms with Crippen molar-refractivity contribution >= 4 is 8.07 Å². The van der Waals surface area contributed by atoms with E-state index in [1.165, 1.54) is 50.6 Å². The Hall–Kier alpha value is -0.963. The summed E-state index contributed by atoms with van der Waals surface area (Å²) in [5.41, 5.74) is 1.11. The van der Waals surface area contributed by atoms with Crippen LogP contribution in [0.2, 0.25) is 24.2 Å². The van der Waals surface area contributed by atoms with Gasteiger partial charge in [0, 0.05) is 0 Å². The van der Waals surface area contributed by atoms with Crippen molar-refractivity contribution in [1.82, 2.24) is 0 Å². The van der Waals surface area contributed by atoms with Crippen molar-refractivity contribution in [3.63, 3.8) is 0 Å². The summed E-state index contributed by atoms with van der Waals surface area (Å²) in [6.45, 7) is 5.95. The van der Waals surface area contributed by atoms with Gasteiger partial charge in [0.25, 0.3) is 0 Å². The fourth-order valence-electron chi connectivity index (χ4n) is 5.35. The quantitative estimate of drug-likeness (QED) is 0.482. The van der Waals surface area contributed by atoms with Crippen LogP contribution in [-0.2, 0) is 0 Å². The topological polar surface area (TPSA) is 18.5 Å². The van der Waals surface area contributed by atoms with E-state index in [-0.39, 0.29) is 0 Å². The maximum atomic E-state index is 6.06. The van der Waals surface area contributed by atoms with Crippen LogP contribution < -0.4 is 9.47 Å². The molecule has 1 aliphatic heterocycles. The Morgan fingerprint density at radius 2 is 1.50 bits per heavy atom. The molecule has 0 radical (unpaired) electrons. The molecule has 1 saturated carbocycles. The molecule has 3 heteroatoms. The Balaban J connectivity index is 1.41. The van der Waals surface area contributed by atoms with E-state index >= 15 is 0 Å². The fourth-order valence-corrected chi connectivity index (χ4v) is 10.3. The second-order valence-corrected chi connectivity index (χ2v) is 14.2. The molecule has 26 heavy (non-hydrogen) atoms. The zero-order valence-corrected chi connectivity index (χ0v) is 18.1. The lowest BCUT2D eigenvalue weighted by Gasteiger charge is -2.44. The molecule has 0 atom stereocenters. The van der Waals surface area contributed by atoms with Crippen LogP contribution >= 0.6 is 0 Å². The minimum Gasteiger partial charge on any atom is -0.497 e. The lowest BCUT2D eigenvalue weighted by atomic mass is 9.86. The fraction of sp³-hybridized carbons (Fsp3) is 0.739. The van der Waals surface area contributed by atoms with Crippen LogP contribution in [0.25, 0.3) is 0 Å². The SMILES string of the molecule is CCC[C@H]1CC[C@H]([Si]2(C)CCC(COc3ccc(OC)cc3)CC2)CC1. The molecule has 1 aliphatic carbocycles. The molecule has 0 aromatic heterocycles. The molecule has 2 nitrogen and oxygen atoms in total. The molecule has 0 amide bonds. The van der Waals surface area contributed by atoms with Gasteiger partial charge >= 0.3 is 0 Å². The van der Waals surface area contributed by atoms with E-state index in [9.17, 15) is 0 Å². The predicted octanol–water partition coefficient (Wildman–Crippen LogP) is 6.92. The van der Waals surface area contributed by atoms with Gasteiger partial charge in [0.15, 0.2) is 0 Å². The molecule has 1 aromatic carbocycles. The third-order valence-corrected chi connectivity index (χ3v) is 12.7. The van der Waals surface area contributed by atoms with Gasteiger partial charge in [-0.25, -0.2) is 0 Å². The lowest BCUT2D eigenvalue weighted by Crippen LogP contribution is -2.42. The molecular formula is C23H38O2Si. The Kier molecular flexibility index (Phi) is 7.08. The normalized spacial score (nSPS) is 32.2. The Labute approximate surface area is 161 Å². The molecular weight excluding hydrogens is 336 g/mol. The Morgan fingerprint density at radius 1 is 0.885 bits per heavy atom. The van der Waals surface area contributed by atoms with Crippen LogP contribution in [0.3, 0.4) is 0 Å². The summed E-state index contributed by atoms with van der Waals surface area (Å²) in [6, 6.07) is 11.1.